The summed E-state index contributed by atoms with van der Waals surface area (Å²) in [6, 6.07) is 14.2. The molecule has 0 atom stereocenters. The van der Waals surface area contributed by atoms with E-state index in [1.54, 1.807) is 18.2 Å². The third kappa shape index (κ3) is 2.24. The zero-order chi connectivity index (χ0) is 15.3. The number of benzene rings is 2. The van der Waals surface area contributed by atoms with E-state index in [0.717, 1.165) is 5.56 Å². The molecule has 0 amide bonds. The van der Waals surface area contributed by atoms with E-state index in [9.17, 15) is 8.42 Å². The Balaban J connectivity index is 2.16. The monoisotopic (exact) mass is 319 g/mol. The molecule has 0 fully saturated rings. The molecule has 1 aliphatic heterocycles. The number of hydrogen-bond acceptors (Lipinski definition) is 3. The van der Waals surface area contributed by atoms with Crippen LogP contribution in [0, 0.1) is 6.92 Å². The fourth-order valence-corrected chi connectivity index (χ4v) is 7.95. The maximum absolute atomic E-state index is 13.0. The second kappa shape index (κ2) is 4.61. The molecule has 1 aliphatic rings. The van der Waals surface area contributed by atoms with Gasteiger partial charge in [-0.05, 0) is 44.3 Å². The second-order valence-corrected chi connectivity index (χ2v) is 11.3. The molecule has 0 unspecified atom stereocenters. The number of rotatable bonds is 2. The van der Waals surface area contributed by atoms with Gasteiger partial charge in [-0.2, -0.15) is 0 Å². The fourth-order valence-electron chi connectivity index (χ4n) is 2.55. The minimum atomic E-state index is -3.61. The van der Waals surface area contributed by atoms with Gasteiger partial charge in [-0.25, -0.2) is 8.42 Å². The smallest absolute Gasteiger partial charge is 0.368 e. The van der Waals surface area contributed by atoms with E-state index in [0.29, 0.717) is 16.3 Å². The lowest BCUT2D eigenvalue weighted by molar-refractivity contribution is 0.570. The van der Waals surface area contributed by atoms with Crippen LogP contribution in [0.2, 0.25) is 13.1 Å². The fraction of sp³-hybridized carbons (Fsp3) is 0.200. The van der Waals surface area contributed by atoms with Gasteiger partial charge in [0.05, 0.1) is 10.6 Å². The normalized spacial score (nSPS) is 16.4. The van der Waals surface area contributed by atoms with Gasteiger partial charge in [0.1, 0.15) is 5.75 Å². The standard InChI is InChI=1S/C15H17NO3SSi/c1-12-8-10-13(11-9-12)20(17,18)16-14-6-4-5-7-15(14)19-21(16,2)3/h4-11H,1-3H3. The predicted molar refractivity (Wildman–Crippen MR) is 85.4 cm³/mol. The first kappa shape index (κ1) is 14.2. The highest BCUT2D eigenvalue weighted by Gasteiger charge is 2.48. The Morgan fingerprint density at radius 3 is 2.29 bits per heavy atom. The van der Waals surface area contributed by atoms with Gasteiger partial charge in [0, 0.05) is 0 Å². The first-order chi connectivity index (χ1) is 9.82. The van der Waals surface area contributed by atoms with E-state index < -0.39 is 18.5 Å². The van der Waals surface area contributed by atoms with Gasteiger partial charge >= 0.3 is 8.48 Å². The van der Waals surface area contributed by atoms with Gasteiger partial charge in [0.25, 0.3) is 10.0 Å². The molecule has 0 radical (unpaired) electrons. The van der Waals surface area contributed by atoms with Crippen LogP contribution >= 0.6 is 0 Å². The molecule has 0 bridgehead atoms. The SMILES string of the molecule is Cc1ccc(S(=O)(=O)N2c3ccccc3O[Si]2(C)C)cc1. The van der Waals surface area contributed by atoms with Crippen molar-refractivity contribution in [3.8, 4) is 5.75 Å². The quantitative estimate of drug-likeness (QED) is 0.798. The molecular formula is C15H17NO3SSi. The van der Waals surface area contributed by atoms with Gasteiger partial charge in [0.15, 0.2) is 0 Å². The number of sulfonamides is 1. The Morgan fingerprint density at radius 1 is 1.00 bits per heavy atom. The maximum Gasteiger partial charge on any atom is 0.368 e. The Labute approximate surface area is 126 Å². The number of para-hydroxylation sites is 2. The number of aryl methyl sites for hydroxylation is 1. The number of hydrogen-bond donors (Lipinski definition) is 0. The summed E-state index contributed by atoms with van der Waals surface area (Å²) in [6.07, 6.45) is 0. The first-order valence-corrected chi connectivity index (χ1v) is 11.0. The molecule has 0 spiro atoms. The summed E-state index contributed by atoms with van der Waals surface area (Å²) in [5.74, 6) is 0.643. The van der Waals surface area contributed by atoms with Crippen molar-refractivity contribution >= 4 is 24.2 Å². The van der Waals surface area contributed by atoms with E-state index in [4.69, 9.17) is 4.43 Å². The van der Waals surface area contributed by atoms with Crippen LogP contribution in [0.1, 0.15) is 5.56 Å². The molecule has 0 saturated carbocycles. The van der Waals surface area contributed by atoms with Crippen molar-refractivity contribution in [2.75, 3.05) is 3.97 Å². The Bertz CT molecular complexity index is 785. The molecule has 0 saturated heterocycles. The Hall–Kier alpha value is -1.79. The van der Waals surface area contributed by atoms with Crippen LogP contribution < -0.4 is 8.40 Å². The largest absolute Gasteiger partial charge is 0.523 e. The second-order valence-electron chi connectivity index (χ2n) is 5.60. The summed E-state index contributed by atoms with van der Waals surface area (Å²) in [6.45, 7) is 5.71. The van der Waals surface area contributed by atoms with Crippen LogP contribution in [0.25, 0.3) is 0 Å². The van der Waals surface area contributed by atoms with E-state index in [2.05, 4.69) is 0 Å². The third-order valence-electron chi connectivity index (χ3n) is 3.49. The van der Waals surface area contributed by atoms with Crippen molar-refractivity contribution in [2.45, 2.75) is 24.9 Å². The summed E-state index contributed by atoms with van der Waals surface area (Å²) in [4.78, 5) is 0.300. The summed E-state index contributed by atoms with van der Waals surface area (Å²) in [5, 5.41) is 0. The Kier molecular flexibility index (Phi) is 3.11. The van der Waals surface area contributed by atoms with E-state index in [-0.39, 0.29) is 0 Å². The highest BCUT2D eigenvalue weighted by atomic mass is 32.2. The van der Waals surface area contributed by atoms with E-state index in [1.165, 1.54) is 3.97 Å². The summed E-state index contributed by atoms with van der Waals surface area (Å²) < 4.78 is 33.4. The van der Waals surface area contributed by atoms with Crippen LogP contribution in [0.3, 0.4) is 0 Å². The molecule has 3 rings (SSSR count). The highest BCUT2D eigenvalue weighted by Crippen LogP contribution is 2.43. The van der Waals surface area contributed by atoms with Crippen molar-refractivity contribution in [1.82, 2.24) is 0 Å². The lowest BCUT2D eigenvalue weighted by atomic mass is 10.2. The number of fused-ring (bicyclic) bond motifs is 1. The molecule has 6 heteroatoms. The summed E-state index contributed by atoms with van der Waals surface area (Å²) in [7, 11) is -6.17. The van der Waals surface area contributed by atoms with Crippen LogP contribution in [0.5, 0.6) is 5.75 Å². The first-order valence-electron chi connectivity index (χ1n) is 6.72. The topological polar surface area (TPSA) is 46.6 Å². The van der Waals surface area contributed by atoms with Gasteiger partial charge in [-0.3, -0.25) is 3.97 Å². The van der Waals surface area contributed by atoms with Crippen molar-refractivity contribution in [1.29, 1.82) is 0 Å². The van der Waals surface area contributed by atoms with Crippen molar-refractivity contribution in [2.24, 2.45) is 0 Å². The maximum atomic E-state index is 13.0. The summed E-state index contributed by atoms with van der Waals surface area (Å²) in [5.41, 5.74) is 1.67. The van der Waals surface area contributed by atoms with Crippen LogP contribution in [0.15, 0.2) is 53.4 Å². The van der Waals surface area contributed by atoms with Gasteiger partial charge in [0.2, 0.25) is 0 Å². The van der Waals surface area contributed by atoms with Gasteiger partial charge < -0.3 is 4.43 Å². The predicted octanol–water partition coefficient (Wildman–Crippen LogP) is 3.28. The molecule has 4 nitrogen and oxygen atoms in total. The molecule has 21 heavy (non-hydrogen) atoms. The average molecular weight is 319 g/mol. The molecule has 0 aliphatic carbocycles. The molecule has 0 aromatic heterocycles. The van der Waals surface area contributed by atoms with Crippen LogP contribution in [-0.2, 0) is 10.0 Å². The highest BCUT2D eigenvalue weighted by molar-refractivity contribution is 7.94. The summed E-state index contributed by atoms with van der Waals surface area (Å²) >= 11 is 0. The zero-order valence-corrected chi connectivity index (χ0v) is 14.0. The molecule has 0 N–H and O–H groups in total. The molecule has 1 heterocycles. The van der Waals surface area contributed by atoms with E-state index in [1.807, 2.05) is 50.3 Å². The van der Waals surface area contributed by atoms with Crippen molar-refractivity contribution in [3.05, 3.63) is 54.1 Å². The van der Waals surface area contributed by atoms with Crippen LogP contribution in [-0.4, -0.2) is 16.9 Å². The average Bonchev–Trinajstić information content (AvgIpc) is 2.69. The minimum absolute atomic E-state index is 0.300. The zero-order valence-electron chi connectivity index (χ0n) is 12.2. The molecule has 2 aromatic rings. The van der Waals surface area contributed by atoms with Crippen molar-refractivity contribution < 1.29 is 12.8 Å². The van der Waals surface area contributed by atoms with E-state index >= 15 is 0 Å². The van der Waals surface area contributed by atoms with Crippen molar-refractivity contribution in [3.63, 3.8) is 0 Å². The molecular weight excluding hydrogens is 302 g/mol. The number of anilines is 1. The van der Waals surface area contributed by atoms with Gasteiger partial charge in [-0.15, -0.1) is 0 Å². The lowest BCUT2D eigenvalue weighted by Gasteiger charge is -2.28. The van der Waals surface area contributed by atoms with Gasteiger partial charge in [-0.1, -0.05) is 29.8 Å². The number of nitrogens with zero attached hydrogens (tertiary/aromatic N) is 1. The Morgan fingerprint density at radius 2 is 1.62 bits per heavy atom. The van der Waals surface area contributed by atoms with Crippen LogP contribution in [0.4, 0.5) is 5.69 Å². The molecule has 2 aromatic carbocycles. The minimum Gasteiger partial charge on any atom is -0.523 e. The third-order valence-corrected chi connectivity index (χ3v) is 9.02. The lowest BCUT2D eigenvalue weighted by Crippen LogP contribution is -2.52. The molecule has 110 valence electrons.